The number of para-hydroxylation sites is 4. The van der Waals surface area contributed by atoms with Crippen molar-refractivity contribution in [3.05, 3.63) is 106 Å². The maximum absolute atomic E-state index is 12.9. The summed E-state index contributed by atoms with van der Waals surface area (Å²) in [5.74, 6) is 0. The minimum atomic E-state index is -3.48. The summed E-state index contributed by atoms with van der Waals surface area (Å²) < 4.78 is 27.0. The molecule has 0 aliphatic rings. The summed E-state index contributed by atoms with van der Waals surface area (Å²) in [6, 6.07) is 22.4. The molecular formula is C28H33N5O3S. The maximum atomic E-state index is 12.9. The first kappa shape index (κ1) is 27.5. The molecule has 0 radical (unpaired) electrons. The summed E-state index contributed by atoms with van der Waals surface area (Å²) in [5, 5.41) is 3.00. The number of nitrogens with two attached hydrogens (primary N) is 1. The van der Waals surface area contributed by atoms with E-state index in [9.17, 15) is 13.2 Å². The second-order valence-corrected chi connectivity index (χ2v) is 10.2. The number of aromatic nitrogens is 2. The van der Waals surface area contributed by atoms with Gasteiger partial charge in [-0.3, -0.25) is 19.6 Å². The minimum absolute atomic E-state index is 0.307. The van der Waals surface area contributed by atoms with Crippen molar-refractivity contribution in [3.63, 3.8) is 0 Å². The van der Waals surface area contributed by atoms with Gasteiger partial charge < -0.3 is 5.73 Å². The van der Waals surface area contributed by atoms with Gasteiger partial charge in [0.15, 0.2) is 0 Å². The van der Waals surface area contributed by atoms with E-state index >= 15 is 0 Å². The molecule has 0 aliphatic heterocycles. The molecule has 0 amide bonds. The minimum Gasteiger partial charge on any atom is -0.399 e. The molecule has 37 heavy (non-hydrogen) atoms. The number of aliphatic imine (C=N–C) groups is 1. The summed E-state index contributed by atoms with van der Waals surface area (Å²) in [4.78, 5) is 17.4. The van der Waals surface area contributed by atoms with Crippen LogP contribution in [0.3, 0.4) is 0 Å². The Morgan fingerprint density at radius 3 is 2.16 bits per heavy atom. The van der Waals surface area contributed by atoms with Crippen LogP contribution in [0.5, 0.6) is 0 Å². The molecule has 8 nitrogen and oxygen atoms in total. The van der Waals surface area contributed by atoms with E-state index in [2.05, 4.69) is 34.7 Å². The van der Waals surface area contributed by atoms with Crippen molar-refractivity contribution in [1.29, 1.82) is 0 Å². The number of H-pyrrole nitrogens is 1. The average molecular weight is 520 g/mol. The third-order valence-electron chi connectivity index (χ3n) is 5.70. The Morgan fingerprint density at radius 1 is 0.946 bits per heavy atom. The highest BCUT2D eigenvalue weighted by Gasteiger charge is 2.15. The van der Waals surface area contributed by atoms with E-state index in [0.29, 0.717) is 22.6 Å². The molecule has 0 spiro atoms. The fourth-order valence-electron chi connectivity index (χ4n) is 3.76. The monoisotopic (exact) mass is 519 g/mol. The fourth-order valence-corrected chi connectivity index (χ4v) is 4.33. The molecule has 0 fully saturated rings. The Hall–Kier alpha value is -4.11. The van der Waals surface area contributed by atoms with Crippen LogP contribution in [0.2, 0.25) is 0 Å². The van der Waals surface area contributed by atoms with Crippen LogP contribution in [-0.2, 0) is 22.9 Å². The zero-order valence-electron chi connectivity index (χ0n) is 21.5. The van der Waals surface area contributed by atoms with E-state index < -0.39 is 10.0 Å². The highest BCUT2D eigenvalue weighted by Crippen LogP contribution is 2.21. The number of hydrogen-bond acceptors (Lipinski definition) is 5. The lowest BCUT2D eigenvalue weighted by Gasteiger charge is -2.10. The molecule has 194 valence electrons. The Labute approximate surface area is 217 Å². The summed E-state index contributed by atoms with van der Waals surface area (Å²) in [6.45, 7) is 5.93. The number of benzene rings is 3. The largest absolute Gasteiger partial charge is 0.399 e. The lowest BCUT2D eigenvalue weighted by atomic mass is 10.1. The Kier molecular flexibility index (Phi) is 9.08. The van der Waals surface area contributed by atoms with Crippen LogP contribution in [0.4, 0.5) is 17.1 Å². The quantitative estimate of drug-likeness (QED) is 0.235. The van der Waals surface area contributed by atoms with Crippen molar-refractivity contribution in [2.24, 2.45) is 4.99 Å². The van der Waals surface area contributed by atoms with Crippen LogP contribution in [-0.4, -0.2) is 30.7 Å². The Bertz CT molecular complexity index is 1550. The van der Waals surface area contributed by atoms with Gasteiger partial charge in [0.1, 0.15) is 0 Å². The van der Waals surface area contributed by atoms with Crippen LogP contribution in [0.1, 0.15) is 36.2 Å². The zero-order valence-corrected chi connectivity index (χ0v) is 22.3. The number of nitrogen functional groups attached to an aromatic ring is 1. The SMILES string of the molecule is CCc1ccccc1N.CCc1ccccc1N=Cc1c(C)[nH]n(-c2ccccc2NS(C)(=O)=O)c1=O. The number of nitrogens with zero attached hydrogens (tertiary/aromatic N) is 2. The van der Waals surface area contributed by atoms with Crippen molar-refractivity contribution in [3.8, 4) is 5.69 Å². The predicted molar refractivity (Wildman–Crippen MR) is 153 cm³/mol. The standard InChI is InChI=1S/C20H22N4O3S.C8H11N/c1-4-15-9-5-6-10-17(15)21-13-16-14(2)22-24(20(16)25)19-12-8-7-11-18(19)23-28(3,26)27;1-2-7-5-3-4-6-8(7)9/h5-13,22-23H,4H2,1-3H3;3-6H,2,9H2,1H3. The average Bonchev–Trinajstić information content (AvgIpc) is 3.15. The predicted octanol–water partition coefficient (Wildman–Crippen LogP) is 4.99. The normalized spacial score (nSPS) is 11.2. The number of rotatable bonds is 7. The van der Waals surface area contributed by atoms with E-state index in [0.717, 1.165) is 36.0 Å². The highest BCUT2D eigenvalue weighted by atomic mass is 32.2. The summed E-state index contributed by atoms with van der Waals surface area (Å²) in [5.41, 5.74) is 11.1. The molecule has 0 aliphatic carbocycles. The third kappa shape index (κ3) is 7.20. The number of nitrogens with one attached hydrogen (secondary N) is 2. The number of sulfonamides is 1. The molecule has 4 N–H and O–H groups in total. The number of aromatic amines is 1. The smallest absolute Gasteiger partial charge is 0.280 e. The maximum Gasteiger partial charge on any atom is 0.280 e. The topological polar surface area (TPSA) is 122 Å². The molecule has 0 unspecified atom stereocenters. The van der Waals surface area contributed by atoms with Crippen LogP contribution in [0.15, 0.2) is 82.6 Å². The van der Waals surface area contributed by atoms with Gasteiger partial charge in [-0.1, -0.05) is 62.4 Å². The van der Waals surface area contributed by atoms with Gasteiger partial charge in [0.2, 0.25) is 10.0 Å². The number of hydrogen-bond donors (Lipinski definition) is 3. The molecule has 4 aromatic rings. The van der Waals surface area contributed by atoms with Gasteiger partial charge in [0, 0.05) is 17.6 Å². The first-order valence-corrected chi connectivity index (χ1v) is 13.9. The molecule has 1 heterocycles. The Balaban J connectivity index is 0.000000356. The second kappa shape index (κ2) is 12.2. The molecule has 0 saturated carbocycles. The van der Waals surface area contributed by atoms with E-state index in [1.165, 1.54) is 10.2 Å². The van der Waals surface area contributed by atoms with Crippen molar-refractivity contribution >= 4 is 33.3 Å². The van der Waals surface area contributed by atoms with Crippen molar-refractivity contribution < 1.29 is 8.42 Å². The second-order valence-electron chi connectivity index (χ2n) is 8.48. The number of anilines is 2. The van der Waals surface area contributed by atoms with Crippen molar-refractivity contribution in [2.75, 3.05) is 16.7 Å². The van der Waals surface area contributed by atoms with Gasteiger partial charge in [-0.25, -0.2) is 13.1 Å². The first-order chi connectivity index (χ1) is 17.6. The van der Waals surface area contributed by atoms with E-state index in [1.54, 1.807) is 37.4 Å². The van der Waals surface area contributed by atoms with Crippen LogP contribution >= 0.6 is 0 Å². The molecular weight excluding hydrogens is 486 g/mol. The molecule has 9 heteroatoms. The lowest BCUT2D eigenvalue weighted by Crippen LogP contribution is -2.20. The van der Waals surface area contributed by atoms with Crippen molar-refractivity contribution in [1.82, 2.24) is 9.78 Å². The fraction of sp³-hybridized carbons (Fsp3) is 0.214. The highest BCUT2D eigenvalue weighted by molar-refractivity contribution is 7.92. The van der Waals surface area contributed by atoms with Gasteiger partial charge in [-0.05, 0) is 55.2 Å². The van der Waals surface area contributed by atoms with E-state index in [-0.39, 0.29) is 5.56 Å². The van der Waals surface area contributed by atoms with E-state index in [1.807, 2.05) is 42.5 Å². The molecule has 0 atom stereocenters. The van der Waals surface area contributed by atoms with Gasteiger partial charge in [-0.15, -0.1) is 0 Å². The van der Waals surface area contributed by atoms with Crippen LogP contribution in [0, 0.1) is 6.92 Å². The molecule has 1 aromatic heterocycles. The van der Waals surface area contributed by atoms with Gasteiger partial charge in [0.05, 0.1) is 28.9 Å². The summed E-state index contributed by atoms with van der Waals surface area (Å²) in [7, 11) is -3.48. The zero-order chi connectivity index (χ0) is 27.0. The van der Waals surface area contributed by atoms with Crippen LogP contribution < -0.4 is 16.0 Å². The molecule has 0 bridgehead atoms. The van der Waals surface area contributed by atoms with Gasteiger partial charge >= 0.3 is 0 Å². The van der Waals surface area contributed by atoms with Crippen molar-refractivity contribution in [2.45, 2.75) is 33.6 Å². The lowest BCUT2D eigenvalue weighted by molar-refractivity contribution is 0.606. The summed E-state index contributed by atoms with van der Waals surface area (Å²) in [6.07, 6.45) is 4.47. The van der Waals surface area contributed by atoms with Gasteiger partial charge in [-0.2, -0.15) is 0 Å². The van der Waals surface area contributed by atoms with E-state index in [4.69, 9.17) is 5.73 Å². The molecule has 0 saturated heterocycles. The molecule has 4 rings (SSSR count). The van der Waals surface area contributed by atoms with Gasteiger partial charge in [0.25, 0.3) is 5.56 Å². The molecule has 3 aromatic carbocycles. The number of aryl methyl sites for hydroxylation is 3. The first-order valence-electron chi connectivity index (χ1n) is 12.0. The van der Waals surface area contributed by atoms with Crippen LogP contribution in [0.25, 0.3) is 5.69 Å². The Morgan fingerprint density at radius 2 is 1.54 bits per heavy atom. The third-order valence-corrected chi connectivity index (χ3v) is 6.29. The summed E-state index contributed by atoms with van der Waals surface area (Å²) >= 11 is 0.